The van der Waals surface area contributed by atoms with Gasteiger partial charge in [0.15, 0.2) is 0 Å². The van der Waals surface area contributed by atoms with Gasteiger partial charge in [-0.25, -0.2) is 0 Å². The second-order valence-corrected chi connectivity index (χ2v) is 5.07. The molecular formula is C16H24ClNO2. The molecule has 0 amide bonds. The molecule has 0 aliphatic heterocycles. The zero-order valence-corrected chi connectivity index (χ0v) is 13.1. The summed E-state index contributed by atoms with van der Waals surface area (Å²) in [6.45, 7) is 7.59. The highest BCUT2D eigenvalue weighted by atomic mass is 35.5. The summed E-state index contributed by atoms with van der Waals surface area (Å²) in [5, 5.41) is 0. The second-order valence-electron chi connectivity index (χ2n) is 5.07. The first-order chi connectivity index (χ1) is 9.24. The molecule has 0 heterocycles. The van der Waals surface area contributed by atoms with Crippen LogP contribution in [0.3, 0.4) is 0 Å². The highest BCUT2D eigenvalue weighted by Crippen LogP contribution is 2.27. The molecule has 20 heavy (non-hydrogen) atoms. The second kappa shape index (κ2) is 8.28. The number of esters is 1. The molecule has 0 spiro atoms. The Kier molecular flexibility index (Phi) is 7.03. The zero-order chi connectivity index (χ0) is 13.7. The van der Waals surface area contributed by atoms with Crippen LogP contribution in [0.2, 0.25) is 0 Å². The Morgan fingerprint density at radius 2 is 1.75 bits per heavy atom. The summed E-state index contributed by atoms with van der Waals surface area (Å²) in [5.41, 5.74) is 2.60. The van der Waals surface area contributed by atoms with E-state index < -0.39 is 0 Å². The van der Waals surface area contributed by atoms with E-state index in [1.54, 1.807) is 0 Å². The van der Waals surface area contributed by atoms with E-state index in [0.717, 1.165) is 32.5 Å². The number of hydrogen-bond acceptors (Lipinski definition) is 3. The monoisotopic (exact) mass is 297 g/mol. The van der Waals surface area contributed by atoms with Crippen LogP contribution < -0.4 is 0 Å². The van der Waals surface area contributed by atoms with Gasteiger partial charge in [-0.05, 0) is 37.1 Å². The van der Waals surface area contributed by atoms with Crippen molar-refractivity contribution in [2.45, 2.75) is 26.7 Å². The SMILES string of the molecule is CCN(CC)CCOC(=O)C1Cc2ccccc2C1.Cl. The van der Waals surface area contributed by atoms with Crippen molar-refractivity contribution in [3.8, 4) is 0 Å². The van der Waals surface area contributed by atoms with E-state index in [1.165, 1.54) is 11.1 Å². The predicted octanol–water partition coefficient (Wildman–Crippen LogP) is 2.71. The average Bonchev–Trinajstić information content (AvgIpc) is 2.87. The van der Waals surface area contributed by atoms with Gasteiger partial charge in [-0.15, -0.1) is 12.4 Å². The third kappa shape index (κ3) is 4.22. The van der Waals surface area contributed by atoms with Gasteiger partial charge >= 0.3 is 5.97 Å². The van der Waals surface area contributed by atoms with Gasteiger partial charge in [0, 0.05) is 6.54 Å². The summed E-state index contributed by atoms with van der Waals surface area (Å²) in [7, 11) is 0. The highest BCUT2D eigenvalue weighted by Gasteiger charge is 2.28. The molecule has 2 rings (SSSR count). The molecule has 0 unspecified atom stereocenters. The highest BCUT2D eigenvalue weighted by molar-refractivity contribution is 5.85. The van der Waals surface area contributed by atoms with Crippen molar-refractivity contribution in [3.05, 3.63) is 35.4 Å². The Labute approximate surface area is 127 Å². The normalized spacial score (nSPS) is 13.9. The van der Waals surface area contributed by atoms with Crippen LogP contribution in [0, 0.1) is 5.92 Å². The number of nitrogens with zero attached hydrogens (tertiary/aromatic N) is 1. The average molecular weight is 298 g/mol. The molecule has 4 heteroatoms. The van der Waals surface area contributed by atoms with Gasteiger partial charge in [-0.1, -0.05) is 38.1 Å². The van der Waals surface area contributed by atoms with Crippen molar-refractivity contribution in [1.29, 1.82) is 0 Å². The molecule has 0 saturated heterocycles. The molecule has 3 nitrogen and oxygen atoms in total. The van der Waals surface area contributed by atoms with Gasteiger partial charge in [0.1, 0.15) is 6.61 Å². The summed E-state index contributed by atoms with van der Waals surface area (Å²) >= 11 is 0. The van der Waals surface area contributed by atoms with Crippen LogP contribution in [-0.4, -0.2) is 37.1 Å². The Bertz CT molecular complexity index is 407. The maximum atomic E-state index is 12.0. The van der Waals surface area contributed by atoms with Gasteiger partial charge in [0.05, 0.1) is 5.92 Å². The standard InChI is InChI=1S/C16H23NO2.ClH/c1-3-17(4-2)9-10-19-16(18)15-11-13-7-5-6-8-14(13)12-15;/h5-8,15H,3-4,9-12H2,1-2H3;1H. The van der Waals surface area contributed by atoms with Crippen LogP contribution in [0.4, 0.5) is 0 Å². The Morgan fingerprint density at radius 1 is 1.20 bits per heavy atom. The number of carbonyl (C=O) groups is 1. The van der Waals surface area contributed by atoms with E-state index in [2.05, 4.69) is 30.9 Å². The third-order valence-electron chi connectivity index (χ3n) is 3.93. The van der Waals surface area contributed by atoms with Crippen LogP contribution in [0.25, 0.3) is 0 Å². The van der Waals surface area contributed by atoms with Crippen LogP contribution in [-0.2, 0) is 22.4 Å². The largest absolute Gasteiger partial charge is 0.464 e. The van der Waals surface area contributed by atoms with E-state index in [0.29, 0.717) is 6.61 Å². The van der Waals surface area contributed by atoms with Crippen molar-refractivity contribution < 1.29 is 9.53 Å². The van der Waals surface area contributed by atoms with Crippen LogP contribution in [0.15, 0.2) is 24.3 Å². The number of hydrogen-bond donors (Lipinski definition) is 0. The van der Waals surface area contributed by atoms with Crippen LogP contribution >= 0.6 is 12.4 Å². The minimum atomic E-state index is -0.0386. The quantitative estimate of drug-likeness (QED) is 0.756. The van der Waals surface area contributed by atoms with Crippen molar-refractivity contribution >= 4 is 18.4 Å². The minimum Gasteiger partial charge on any atom is -0.464 e. The molecule has 0 bridgehead atoms. The Morgan fingerprint density at radius 3 is 2.25 bits per heavy atom. The third-order valence-corrected chi connectivity index (χ3v) is 3.93. The summed E-state index contributed by atoms with van der Waals surface area (Å²) in [5.74, 6) is -0.0162. The maximum Gasteiger partial charge on any atom is 0.309 e. The summed E-state index contributed by atoms with van der Waals surface area (Å²) in [4.78, 5) is 14.3. The fourth-order valence-corrected chi connectivity index (χ4v) is 2.66. The van der Waals surface area contributed by atoms with E-state index in [9.17, 15) is 4.79 Å². The molecule has 0 fully saturated rings. The van der Waals surface area contributed by atoms with E-state index >= 15 is 0 Å². The fourth-order valence-electron chi connectivity index (χ4n) is 2.66. The number of carbonyl (C=O) groups excluding carboxylic acids is 1. The van der Waals surface area contributed by atoms with Crippen molar-refractivity contribution in [3.63, 3.8) is 0 Å². The number of halogens is 1. The molecule has 0 saturated carbocycles. The fraction of sp³-hybridized carbons (Fsp3) is 0.562. The molecule has 1 aromatic carbocycles. The molecular weight excluding hydrogens is 274 g/mol. The molecule has 0 N–H and O–H groups in total. The Hall–Kier alpha value is -1.06. The van der Waals surface area contributed by atoms with Crippen molar-refractivity contribution in [1.82, 2.24) is 4.90 Å². The summed E-state index contributed by atoms with van der Waals surface area (Å²) < 4.78 is 5.41. The van der Waals surface area contributed by atoms with Crippen LogP contribution in [0.5, 0.6) is 0 Å². The van der Waals surface area contributed by atoms with Gasteiger partial charge in [-0.3, -0.25) is 4.79 Å². The lowest BCUT2D eigenvalue weighted by molar-refractivity contribution is -0.148. The van der Waals surface area contributed by atoms with Gasteiger partial charge < -0.3 is 9.64 Å². The molecule has 1 aliphatic carbocycles. The van der Waals surface area contributed by atoms with Crippen LogP contribution in [0.1, 0.15) is 25.0 Å². The first-order valence-electron chi connectivity index (χ1n) is 7.20. The van der Waals surface area contributed by atoms with E-state index in [1.807, 2.05) is 12.1 Å². The molecule has 1 aromatic rings. The topological polar surface area (TPSA) is 29.5 Å². The number of likely N-dealkylation sites (N-methyl/N-ethyl adjacent to an activating group) is 1. The lowest BCUT2D eigenvalue weighted by Gasteiger charge is -2.18. The molecule has 0 aromatic heterocycles. The van der Waals surface area contributed by atoms with Gasteiger partial charge in [0.25, 0.3) is 0 Å². The maximum absolute atomic E-state index is 12.0. The predicted molar refractivity (Wildman–Crippen MR) is 83.3 cm³/mol. The molecule has 1 aliphatic rings. The van der Waals surface area contributed by atoms with Gasteiger partial charge in [-0.2, -0.15) is 0 Å². The van der Waals surface area contributed by atoms with E-state index in [-0.39, 0.29) is 24.3 Å². The molecule has 0 radical (unpaired) electrons. The first-order valence-corrected chi connectivity index (χ1v) is 7.20. The smallest absolute Gasteiger partial charge is 0.309 e. The lowest BCUT2D eigenvalue weighted by Crippen LogP contribution is -2.29. The van der Waals surface area contributed by atoms with Crippen molar-refractivity contribution in [2.75, 3.05) is 26.2 Å². The van der Waals surface area contributed by atoms with Gasteiger partial charge in [0.2, 0.25) is 0 Å². The number of ether oxygens (including phenoxy) is 1. The number of rotatable bonds is 6. The summed E-state index contributed by atoms with van der Waals surface area (Å²) in [6, 6.07) is 8.29. The van der Waals surface area contributed by atoms with Crippen molar-refractivity contribution in [2.24, 2.45) is 5.92 Å². The van der Waals surface area contributed by atoms with E-state index in [4.69, 9.17) is 4.74 Å². The molecule has 112 valence electrons. The zero-order valence-electron chi connectivity index (χ0n) is 12.3. The first kappa shape index (κ1) is 17.0. The molecule has 0 atom stereocenters. The number of benzene rings is 1. The minimum absolute atomic E-state index is 0. The summed E-state index contributed by atoms with van der Waals surface area (Å²) in [6.07, 6.45) is 1.67. The number of fused-ring (bicyclic) bond motifs is 1. The lowest BCUT2D eigenvalue weighted by atomic mass is 10.1. The Balaban J connectivity index is 0.00000200.